The lowest BCUT2D eigenvalue weighted by Crippen LogP contribution is -2.46. The van der Waals surface area contributed by atoms with Gasteiger partial charge in [0.2, 0.25) is 16.0 Å². The highest BCUT2D eigenvalue weighted by Crippen LogP contribution is 2.24. The first-order valence-electron chi connectivity index (χ1n) is 8.40. The molecular formula is C17H20FN5O3S. The predicted molar refractivity (Wildman–Crippen MR) is 99.5 cm³/mol. The van der Waals surface area contributed by atoms with Crippen molar-refractivity contribution in [3.63, 3.8) is 0 Å². The Bertz CT molecular complexity index is 944. The summed E-state index contributed by atoms with van der Waals surface area (Å²) >= 11 is 0. The van der Waals surface area contributed by atoms with Crippen LogP contribution in [0.2, 0.25) is 0 Å². The van der Waals surface area contributed by atoms with Crippen LogP contribution in [0.3, 0.4) is 0 Å². The highest BCUT2D eigenvalue weighted by Gasteiger charge is 2.31. The van der Waals surface area contributed by atoms with Gasteiger partial charge in [0.05, 0.1) is 17.9 Å². The fraction of sp³-hybridized carbons (Fsp3) is 0.353. The van der Waals surface area contributed by atoms with Crippen LogP contribution in [0.1, 0.15) is 28.8 Å². The number of halogens is 1. The molecule has 27 heavy (non-hydrogen) atoms. The molecule has 1 aromatic heterocycles. The Morgan fingerprint density at radius 1 is 1.26 bits per heavy atom. The number of hydrogen-bond acceptors (Lipinski definition) is 7. The van der Waals surface area contributed by atoms with Crippen molar-refractivity contribution in [3.8, 4) is 0 Å². The number of aromatic nitrogens is 2. The average Bonchev–Trinajstić information content (AvgIpc) is 2.62. The number of sulfonamides is 1. The lowest BCUT2D eigenvalue weighted by Gasteiger charge is -2.32. The molecule has 3 rings (SSSR count). The number of ketones is 1. The minimum absolute atomic E-state index is 0.0316. The van der Waals surface area contributed by atoms with Crippen molar-refractivity contribution in [1.82, 2.24) is 15.3 Å². The Labute approximate surface area is 156 Å². The fourth-order valence-electron chi connectivity index (χ4n) is 3.05. The third kappa shape index (κ3) is 4.22. The van der Waals surface area contributed by atoms with Crippen LogP contribution in [0, 0.1) is 5.82 Å². The molecule has 2 heterocycles. The second-order valence-electron chi connectivity index (χ2n) is 6.34. The third-order valence-corrected chi connectivity index (χ3v) is 5.53. The zero-order valence-corrected chi connectivity index (χ0v) is 15.5. The van der Waals surface area contributed by atoms with E-state index in [0.29, 0.717) is 25.9 Å². The molecule has 0 atom stereocenters. The molecular weight excluding hydrogens is 373 g/mol. The molecule has 1 aliphatic rings. The molecule has 0 amide bonds. The highest BCUT2D eigenvalue weighted by atomic mass is 32.2. The van der Waals surface area contributed by atoms with Crippen LogP contribution in [0.25, 0.3) is 0 Å². The Hall–Kier alpha value is -2.59. The molecule has 1 aromatic carbocycles. The van der Waals surface area contributed by atoms with E-state index in [1.807, 2.05) is 0 Å². The molecule has 1 saturated heterocycles. The number of nitrogens with zero attached hydrogens (tertiary/aromatic N) is 3. The Balaban J connectivity index is 1.94. The number of nitrogens with one attached hydrogen (secondary N) is 1. The van der Waals surface area contributed by atoms with Gasteiger partial charge in [-0.05, 0) is 50.2 Å². The van der Waals surface area contributed by atoms with Crippen molar-refractivity contribution in [2.75, 3.05) is 29.4 Å². The van der Waals surface area contributed by atoms with E-state index in [1.165, 1.54) is 30.5 Å². The number of benzene rings is 1. The zero-order chi connectivity index (χ0) is 19.6. The van der Waals surface area contributed by atoms with Gasteiger partial charge in [-0.3, -0.25) is 4.79 Å². The van der Waals surface area contributed by atoms with Gasteiger partial charge >= 0.3 is 0 Å². The molecule has 3 N–H and O–H groups in total. The number of nitrogen functional groups attached to an aromatic ring is 1. The van der Waals surface area contributed by atoms with Gasteiger partial charge in [0.1, 0.15) is 11.6 Å². The predicted octanol–water partition coefficient (Wildman–Crippen LogP) is 0.947. The standard InChI is InChI=1S/C17H20FN5O3S/c1-27(25,26)23(13-6-8-20-9-7-13)17-21-10-14(16(19)22-17)15(24)11-2-4-12(18)5-3-11/h2-5,10,13,20H,6-9H2,1H3,(H2,19,21,22). The van der Waals surface area contributed by atoms with Gasteiger partial charge < -0.3 is 11.1 Å². The van der Waals surface area contributed by atoms with Crippen LogP contribution in [-0.4, -0.2) is 49.6 Å². The number of rotatable bonds is 5. The number of carbonyl (C=O) groups is 1. The first-order chi connectivity index (χ1) is 12.8. The normalized spacial score (nSPS) is 15.5. The first-order valence-corrected chi connectivity index (χ1v) is 10.2. The van der Waals surface area contributed by atoms with Gasteiger partial charge in [0, 0.05) is 11.8 Å². The number of carbonyl (C=O) groups excluding carboxylic acids is 1. The maximum atomic E-state index is 13.0. The summed E-state index contributed by atoms with van der Waals surface area (Å²) in [5.41, 5.74) is 6.19. The lowest BCUT2D eigenvalue weighted by atomic mass is 10.1. The molecule has 0 saturated carbocycles. The van der Waals surface area contributed by atoms with Crippen LogP contribution in [0.5, 0.6) is 0 Å². The van der Waals surface area contributed by atoms with Gasteiger partial charge in [-0.2, -0.15) is 4.98 Å². The van der Waals surface area contributed by atoms with Crippen molar-refractivity contribution in [3.05, 3.63) is 47.4 Å². The molecule has 144 valence electrons. The molecule has 2 aromatic rings. The van der Waals surface area contributed by atoms with E-state index in [9.17, 15) is 17.6 Å². The maximum Gasteiger partial charge on any atom is 0.241 e. The molecule has 0 bridgehead atoms. The van der Waals surface area contributed by atoms with Crippen molar-refractivity contribution >= 4 is 27.6 Å². The molecule has 0 aliphatic carbocycles. The third-order valence-electron chi connectivity index (χ3n) is 4.35. The summed E-state index contributed by atoms with van der Waals surface area (Å²) in [6.07, 6.45) is 3.54. The summed E-state index contributed by atoms with van der Waals surface area (Å²) in [7, 11) is -3.63. The number of piperidine rings is 1. The van der Waals surface area contributed by atoms with Gasteiger partial charge in [-0.15, -0.1) is 0 Å². The zero-order valence-electron chi connectivity index (χ0n) is 14.7. The SMILES string of the molecule is CS(=O)(=O)N(c1ncc(C(=O)c2ccc(F)cc2)c(N)n1)C1CCNCC1. The molecule has 0 unspecified atom stereocenters. The number of nitrogens with two attached hydrogens (primary N) is 1. The van der Waals surface area contributed by atoms with Crippen molar-refractivity contribution in [1.29, 1.82) is 0 Å². The average molecular weight is 393 g/mol. The van der Waals surface area contributed by atoms with E-state index in [0.717, 1.165) is 10.6 Å². The Morgan fingerprint density at radius 2 is 1.89 bits per heavy atom. The van der Waals surface area contributed by atoms with Crippen LogP contribution in [-0.2, 0) is 10.0 Å². The van der Waals surface area contributed by atoms with Crippen molar-refractivity contribution < 1.29 is 17.6 Å². The van der Waals surface area contributed by atoms with Gasteiger partial charge in [-0.25, -0.2) is 22.1 Å². The summed E-state index contributed by atoms with van der Waals surface area (Å²) < 4.78 is 38.8. The van der Waals surface area contributed by atoms with Gasteiger partial charge in [-0.1, -0.05) is 0 Å². The first kappa shape index (κ1) is 19.2. The second kappa shape index (κ2) is 7.57. The quantitative estimate of drug-likeness (QED) is 0.726. The van der Waals surface area contributed by atoms with Crippen LogP contribution >= 0.6 is 0 Å². The molecule has 8 nitrogen and oxygen atoms in total. The highest BCUT2D eigenvalue weighted by molar-refractivity contribution is 7.92. The Kier molecular flexibility index (Phi) is 5.38. The van der Waals surface area contributed by atoms with E-state index >= 15 is 0 Å². The van der Waals surface area contributed by atoms with Crippen molar-refractivity contribution in [2.24, 2.45) is 0 Å². The largest absolute Gasteiger partial charge is 0.383 e. The van der Waals surface area contributed by atoms with Crippen LogP contribution in [0.15, 0.2) is 30.5 Å². The molecule has 10 heteroatoms. The number of anilines is 2. The Morgan fingerprint density at radius 3 is 2.44 bits per heavy atom. The summed E-state index contributed by atoms with van der Waals surface area (Å²) in [5.74, 6) is -1.11. The lowest BCUT2D eigenvalue weighted by molar-refractivity contribution is 0.103. The molecule has 0 radical (unpaired) electrons. The summed E-state index contributed by atoms with van der Waals surface area (Å²) in [6, 6.07) is 4.73. The molecule has 1 aliphatic heterocycles. The number of hydrogen-bond donors (Lipinski definition) is 2. The second-order valence-corrected chi connectivity index (χ2v) is 8.20. The topological polar surface area (TPSA) is 118 Å². The maximum absolute atomic E-state index is 13.0. The van der Waals surface area contributed by atoms with E-state index < -0.39 is 21.6 Å². The van der Waals surface area contributed by atoms with Gasteiger partial charge in [0.15, 0.2) is 5.78 Å². The van der Waals surface area contributed by atoms with Crippen LogP contribution < -0.4 is 15.4 Å². The van der Waals surface area contributed by atoms with E-state index in [1.54, 1.807) is 0 Å². The van der Waals surface area contributed by atoms with E-state index in [4.69, 9.17) is 5.73 Å². The van der Waals surface area contributed by atoms with Gasteiger partial charge in [0.25, 0.3) is 0 Å². The minimum Gasteiger partial charge on any atom is -0.383 e. The summed E-state index contributed by atoms with van der Waals surface area (Å²) in [5, 5.41) is 3.17. The summed E-state index contributed by atoms with van der Waals surface area (Å²) in [6.45, 7) is 1.38. The van der Waals surface area contributed by atoms with E-state index in [-0.39, 0.29) is 28.9 Å². The minimum atomic E-state index is -3.63. The smallest absolute Gasteiger partial charge is 0.241 e. The monoisotopic (exact) mass is 393 g/mol. The molecule has 1 fully saturated rings. The summed E-state index contributed by atoms with van der Waals surface area (Å²) in [4.78, 5) is 20.7. The fourth-order valence-corrected chi connectivity index (χ4v) is 4.18. The van der Waals surface area contributed by atoms with Crippen LogP contribution in [0.4, 0.5) is 16.2 Å². The van der Waals surface area contributed by atoms with E-state index in [2.05, 4.69) is 15.3 Å². The van der Waals surface area contributed by atoms with Crippen molar-refractivity contribution in [2.45, 2.75) is 18.9 Å². The molecule has 0 spiro atoms.